The summed E-state index contributed by atoms with van der Waals surface area (Å²) in [7, 11) is 2.00. The van der Waals surface area contributed by atoms with E-state index in [1.807, 2.05) is 25.2 Å². The molecule has 1 aromatic rings. The maximum Gasteiger partial charge on any atom is 0.241 e. The van der Waals surface area contributed by atoms with E-state index in [4.69, 9.17) is 5.73 Å². The third-order valence-corrected chi connectivity index (χ3v) is 1.99. The minimum absolute atomic E-state index is 0.400. The largest absolute Gasteiger partial charge is 0.366 e. The molecule has 0 aliphatic heterocycles. The van der Waals surface area contributed by atoms with Crippen molar-refractivity contribution >= 4 is 5.91 Å². The minimum atomic E-state index is -0.400. The summed E-state index contributed by atoms with van der Waals surface area (Å²) in [5.74, 6) is -0.400. The minimum Gasteiger partial charge on any atom is -0.366 e. The fourth-order valence-corrected chi connectivity index (χ4v) is 1.31. The first-order valence-electron chi connectivity index (χ1n) is 4.87. The Morgan fingerprint density at radius 3 is 2.67 bits per heavy atom. The van der Waals surface area contributed by atoms with E-state index < -0.39 is 5.91 Å². The number of primary amides is 1. The second-order valence-electron chi connectivity index (χ2n) is 3.49. The van der Waals surface area contributed by atoms with Crippen LogP contribution < -0.4 is 5.73 Å². The van der Waals surface area contributed by atoms with E-state index in [2.05, 4.69) is 17.0 Å². The zero-order valence-electron chi connectivity index (χ0n) is 8.89. The van der Waals surface area contributed by atoms with Crippen LogP contribution >= 0.6 is 0 Å². The summed E-state index contributed by atoms with van der Waals surface area (Å²) in [5, 5.41) is 0. The van der Waals surface area contributed by atoms with Crippen LogP contribution in [-0.2, 0) is 11.3 Å². The molecule has 0 unspecified atom stereocenters. The van der Waals surface area contributed by atoms with Gasteiger partial charge in [0.05, 0.1) is 0 Å². The second-order valence-corrected chi connectivity index (χ2v) is 3.49. The van der Waals surface area contributed by atoms with E-state index in [0.717, 1.165) is 13.1 Å². The summed E-state index contributed by atoms with van der Waals surface area (Å²) < 4.78 is 0. The summed E-state index contributed by atoms with van der Waals surface area (Å²) in [6.07, 6.45) is 3.16. The van der Waals surface area contributed by atoms with E-state index >= 15 is 0 Å². The second kappa shape index (κ2) is 5.98. The van der Waals surface area contributed by atoms with Gasteiger partial charge in [0.25, 0.3) is 0 Å². The summed E-state index contributed by atoms with van der Waals surface area (Å²) >= 11 is 0. The van der Waals surface area contributed by atoms with Crippen LogP contribution in [0.1, 0.15) is 5.56 Å². The van der Waals surface area contributed by atoms with Gasteiger partial charge in [-0.05, 0) is 18.7 Å². The number of amides is 1. The average molecular weight is 204 g/mol. The molecule has 3 heteroatoms. The van der Waals surface area contributed by atoms with Crippen LogP contribution in [0.15, 0.2) is 42.5 Å². The zero-order chi connectivity index (χ0) is 11.1. The van der Waals surface area contributed by atoms with Crippen molar-refractivity contribution in [1.82, 2.24) is 4.90 Å². The molecule has 0 saturated carbocycles. The van der Waals surface area contributed by atoms with Crippen molar-refractivity contribution < 1.29 is 4.79 Å². The van der Waals surface area contributed by atoms with E-state index in [1.165, 1.54) is 11.6 Å². The number of benzene rings is 1. The molecule has 0 atom stereocenters. The van der Waals surface area contributed by atoms with Crippen molar-refractivity contribution in [1.29, 1.82) is 0 Å². The van der Waals surface area contributed by atoms with Gasteiger partial charge in [0.1, 0.15) is 0 Å². The zero-order valence-corrected chi connectivity index (χ0v) is 8.89. The molecule has 0 aliphatic carbocycles. The van der Waals surface area contributed by atoms with E-state index in [0.29, 0.717) is 0 Å². The molecule has 1 rings (SSSR count). The summed E-state index contributed by atoms with van der Waals surface area (Å²) in [4.78, 5) is 12.6. The Kier molecular flexibility index (Phi) is 4.57. The number of nitrogens with two attached hydrogens (primary N) is 1. The molecule has 0 spiro atoms. The topological polar surface area (TPSA) is 46.3 Å². The lowest BCUT2D eigenvalue weighted by molar-refractivity contribution is -0.113. The third kappa shape index (κ3) is 4.98. The third-order valence-electron chi connectivity index (χ3n) is 1.99. The Morgan fingerprint density at radius 2 is 2.07 bits per heavy atom. The molecule has 1 amide bonds. The highest BCUT2D eigenvalue weighted by Crippen LogP contribution is 2.01. The summed E-state index contributed by atoms with van der Waals surface area (Å²) in [5.41, 5.74) is 6.24. The molecule has 0 aromatic heterocycles. The Hall–Kier alpha value is -1.61. The molecule has 0 heterocycles. The quantitative estimate of drug-likeness (QED) is 0.731. The molecule has 15 heavy (non-hydrogen) atoms. The standard InChI is InChI=1S/C12H16N2O/c1-14(9-5-8-12(13)15)10-11-6-3-2-4-7-11/h2-8H,9-10H2,1H3,(H2,13,15). The Morgan fingerprint density at radius 1 is 1.40 bits per heavy atom. The molecule has 3 nitrogen and oxygen atoms in total. The van der Waals surface area contributed by atoms with Crippen molar-refractivity contribution in [3.05, 3.63) is 48.0 Å². The molecule has 0 aliphatic rings. The van der Waals surface area contributed by atoms with Crippen molar-refractivity contribution in [2.45, 2.75) is 6.54 Å². The predicted molar refractivity (Wildman–Crippen MR) is 61.1 cm³/mol. The number of carbonyl (C=O) groups excluding carboxylic acids is 1. The molecule has 1 aromatic carbocycles. The van der Waals surface area contributed by atoms with Crippen LogP contribution in [0.2, 0.25) is 0 Å². The first-order chi connectivity index (χ1) is 7.18. The first kappa shape index (κ1) is 11.5. The lowest BCUT2D eigenvalue weighted by Gasteiger charge is -2.13. The molecule has 0 radical (unpaired) electrons. The Labute approximate surface area is 90.2 Å². The molecular formula is C12H16N2O. The first-order valence-corrected chi connectivity index (χ1v) is 4.87. The van der Waals surface area contributed by atoms with Crippen LogP contribution in [0.4, 0.5) is 0 Å². The van der Waals surface area contributed by atoms with Gasteiger partial charge in [-0.2, -0.15) is 0 Å². The van der Waals surface area contributed by atoms with Crippen LogP contribution in [0.5, 0.6) is 0 Å². The van der Waals surface area contributed by atoms with Crippen molar-refractivity contribution in [3.63, 3.8) is 0 Å². The summed E-state index contributed by atoms with van der Waals surface area (Å²) in [6.45, 7) is 1.59. The normalized spacial score (nSPS) is 11.1. The van der Waals surface area contributed by atoms with Gasteiger partial charge in [-0.3, -0.25) is 9.69 Å². The van der Waals surface area contributed by atoms with Gasteiger partial charge in [0.2, 0.25) is 5.91 Å². The molecule has 0 saturated heterocycles. The fraction of sp³-hybridized carbons (Fsp3) is 0.250. The number of rotatable bonds is 5. The molecule has 0 bridgehead atoms. The van der Waals surface area contributed by atoms with Gasteiger partial charge < -0.3 is 5.73 Å². The van der Waals surface area contributed by atoms with Crippen molar-refractivity contribution in [2.75, 3.05) is 13.6 Å². The van der Waals surface area contributed by atoms with Gasteiger partial charge in [0.15, 0.2) is 0 Å². The number of nitrogens with zero attached hydrogens (tertiary/aromatic N) is 1. The maximum absolute atomic E-state index is 10.5. The number of hydrogen-bond donors (Lipinski definition) is 1. The van der Waals surface area contributed by atoms with Crippen molar-refractivity contribution in [2.24, 2.45) is 5.73 Å². The van der Waals surface area contributed by atoms with Gasteiger partial charge in [-0.25, -0.2) is 0 Å². The van der Waals surface area contributed by atoms with Crippen LogP contribution in [0.3, 0.4) is 0 Å². The van der Waals surface area contributed by atoms with E-state index in [9.17, 15) is 4.79 Å². The smallest absolute Gasteiger partial charge is 0.241 e. The van der Waals surface area contributed by atoms with Gasteiger partial charge in [-0.1, -0.05) is 36.4 Å². The number of carbonyl (C=O) groups is 1. The highest BCUT2D eigenvalue weighted by molar-refractivity contribution is 5.85. The number of likely N-dealkylation sites (N-methyl/N-ethyl adjacent to an activating group) is 1. The van der Waals surface area contributed by atoms with Gasteiger partial charge >= 0.3 is 0 Å². The SMILES string of the molecule is CN(CC=CC(N)=O)Cc1ccccc1. The van der Waals surface area contributed by atoms with E-state index in [1.54, 1.807) is 6.08 Å². The van der Waals surface area contributed by atoms with Crippen LogP contribution in [0, 0.1) is 0 Å². The van der Waals surface area contributed by atoms with Crippen LogP contribution in [-0.4, -0.2) is 24.4 Å². The highest BCUT2D eigenvalue weighted by atomic mass is 16.1. The predicted octanol–water partition coefficient (Wildman–Crippen LogP) is 1.16. The molecule has 2 N–H and O–H groups in total. The van der Waals surface area contributed by atoms with E-state index in [-0.39, 0.29) is 0 Å². The van der Waals surface area contributed by atoms with Gasteiger partial charge in [-0.15, -0.1) is 0 Å². The van der Waals surface area contributed by atoms with Gasteiger partial charge in [0, 0.05) is 13.1 Å². The molecular weight excluding hydrogens is 188 g/mol. The molecule has 0 fully saturated rings. The average Bonchev–Trinajstić information content (AvgIpc) is 2.18. The molecule has 80 valence electrons. The van der Waals surface area contributed by atoms with Crippen molar-refractivity contribution in [3.8, 4) is 0 Å². The maximum atomic E-state index is 10.5. The lowest BCUT2D eigenvalue weighted by atomic mass is 10.2. The Balaban J connectivity index is 2.36. The fourth-order valence-electron chi connectivity index (χ4n) is 1.31. The lowest BCUT2D eigenvalue weighted by Crippen LogP contribution is -2.18. The Bertz CT molecular complexity index is 333. The summed E-state index contributed by atoms with van der Waals surface area (Å²) in [6, 6.07) is 10.2. The monoisotopic (exact) mass is 204 g/mol. The van der Waals surface area contributed by atoms with Crippen LogP contribution in [0.25, 0.3) is 0 Å². The highest BCUT2D eigenvalue weighted by Gasteiger charge is 1.96. The number of hydrogen-bond acceptors (Lipinski definition) is 2.